The molecule has 9 heteroatoms. The summed E-state index contributed by atoms with van der Waals surface area (Å²) in [7, 11) is 0. The third kappa shape index (κ3) is 5.66. The maximum absolute atomic E-state index is 15.4. The maximum atomic E-state index is 15.4. The van der Waals surface area contributed by atoms with Crippen LogP contribution in [0.25, 0.3) is 0 Å². The number of rotatable bonds is 7. The summed E-state index contributed by atoms with van der Waals surface area (Å²) in [6.07, 6.45) is 2.69. The highest BCUT2D eigenvalue weighted by molar-refractivity contribution is 9.10. The topological polar surface area (TPSA) is 85.5 Å². The fraction of sp³-hybridized carbons (Fsp3) is 0.423. The standard InChI is InChI=1S/C26H32BrFN4O3/c1-6-22(33)31-10-8-18(9-11-31)32(7-2)24-17(5)19(13-21(27)23(24)28)25(34)29-14-20-15(3)12-16(4)30-26(20)35/h6,12-13,18H,1,7-11,14H2,2-5H3,(H,29,34)(H,30,35). The van der Waals surface area contributed by atoms with E-state index in [1.807, 2.05) is 24.8 Å². The van der Waals surface area contributed by atoms with E-state index in [-0.39, 0.29) is 34.4 Å². The summed E-state index contributed by atoms with van der Waals surface area (Å²) < 4.78 is 15.6. The van der Waals surface area contributed by atoms with Crippen molar-refractivity contribution < 1.29 is 14.0 Å². The summed E-state index contributed by atoms with van der Waals surface area (Å²) in [6, 6.07) is 3.36. The summed E-state index contributed by atoms with van der Waals surface area (Å²) in [5, 5.41) is 2.82. The summed E-state index contributed by atoms with van der Waals surface area (Å²) in [4.78, 5) is 43.9. The molecule has 3 rings (SSSR count). The Bertz CT molecular complexity index is 1200. The van der Waals surface area contributed by atoms with Gasteiger partial charge in [-0.05, 0) is 85.8 Å². The minimum atomic E-state index is -0.420. The number of benzene rings is 1. The van der Waals surface area contributed by atoms with Crippen LogP contribution in [-0.2, 0) is 11.3 Å². The first-order chi connectivity index (χ1) is 16.6. The molecule has 0 spiro atoms. The first-order valence-corrected chi connectivity index (χ1v) is 12.5. The van der Waals surface area contributed by atoms with E-state index in [0.29, 0.717) is 54.9 Å². The number of pyridine rings is 1. The van der Waals surface area contributed by atoms with Gasteiger partial charge in [0.05, 0.1) is 10.2 Å². The van der Waals surface area contributed by atoms with E-state index < -0.39 is 5.82 Å². The molecule has 35 heavy (non-hydrogen) atoms. The smallest absolute Gasteiger partial charge is 0.253 e. The number of aryl methyl sites for hydroxylation is 2. The lowest BCUT2D eigenvalue weighted by molar-refractivity contribution is -0.127. The first kappa shape index (κ1) is 26.7. The lowest BCUT2D eigenvalue weighted by Gasteiger charge is -2.40. The number of H-pyrrole nitrogens is 1. The number of amides is 2. The molecule has 2 aromatic rings. The zero-order valence-corrected chi connectivity index (χ0v) is 22.2. The molecule has 1 fully saturated rings. The number of hydrogen-bond acceptors (Lipinski definition) is 4. The third-order valence-corrected chi connectivity index (χ3v) is 7.21. The molecule has 1 aliphatic heterocycles. The Morgan fingerprint density at radius 2 is 1.94 bits per heavy atom. The molecule has 1 aliphatic rings. The molecule has 1 aromatic carbocycles. The predicted octanol–water partition coefficient (Wildman–Crippen LogP) is 4.14. The number of aromatic nitrogens is 1. The molecule has 188 valence electrons. The van der Waals surface area contributed by atoms with Crippen molar-refractivity contribution >= 4 is 33.4 Å². The highest BCUT2D eigenvalue weighted by Gasteiger charge is 2.30. The van der Waals surface area contributed by atoms with Crippen molar-refractivity contribution in [1.29, 1.82) is 0 Å². The van der Waals surface area contributed by atoms with Crippen LogP contribution in [0.2, 0.25) is 0 Å². The average Bonchev–Trinajstić information content (AvgIpc) is 2.82. The van der Waals surface area contributed by atoms with Gasteiger partial charge in [0.15, 0.2) is 5.82 Å². The Morgan fingerprint density at radius 1 is 1.29 bits per heavy atom. The molecule has 1 aromatic heterocycles. The van der Waals surface area contributed by atoms with Gasteiger partial charge in [-0.25, -0.2) is 4.39 Å². The molecule has 0 bridgehead atoms. The number of aromatic amines is 1. The van der Waals surface area contributed by atoms with E-state index in [4.69, 9.17) is 0 Å². The van der Waals surface area contributed by atoms with Crippen molar-refractivity contribution in [2.75, 3.05) is 24.5 Å². The second-order valence-corrected chi connectivity index (χ2v) is 9.72. The van der Waals surface area contributed by atoms with Gasteiger partial charge < -0.3 is 20.1 Å². The van der Waals surface area contributed by atoms with Gasteiger partial charge in [0.25, 0.3) is 11.5 Å². The van der Waals surface area contributed by atoms with Crippen molar-refractivity contribution in [2.45, 2.75) is 53.1 Å². The Kier molecular flexibility index (Phi) is 8.53. The van der Waals surface area contributed by atoms with Crippen LogP contribution >= 0.6 is 15.9 Å². The average molecular weight is 547 g/mol. The molecule has 0 saturated carbocycles. The van der Waals surface area contributed by atoms with Crippen molar-refractivity contribution in [3.63, 3.8) is 0 Å². The zero-order valence-electron chi connectivity index (χ0n) is 20.6. The van der Waals surface area contributed by atoms with Gasteiger partial charge in [-0.3, -0.25) is 14.4 Å². The van der Waals surface area contributed by atoms with Gasteiger partial charge >= 0.3 is 0 Å². The highest BCUT2D eigenvalue weighted by Crippen LogP contribution is 2.35. The SMILES string of the molecule is C=CC(=O)N1CCC(N(CC)c2c(C)c(C(=O)NCc3c(C)cc(C)[nH]c3=O)cc(Br)c2F)CC1. The molecule has 1 saturated heterocycles. The van der Waals surface area contributed by atoms with Gasteiger partial charge in [0.1, 0.15) is 0 Å². The Morgan fingerprint density at radius 3 is 2.51 bits per heavy atom. The molecular weight excluding hydrogens is 515 g/mol. The zero-order chi connectivity index (χ0) is 25.9. The van der Waals surface area contributed by atoms with E-state index in [2.05, 4.69) is 32.8 Å². The van der Waals surface area contributed by atoms with Crippen LogP contribution in [-0.4, -0.2) is 47.4 Å². The van der Waals surface area contributed by atoms with Crippen LogP contribution in [0.1, 0.15) is 52.5 Å². The molecule has 7 nitrogen and oxygen atoms in total. The number of nitrogens with zero attached hydrogens (tertiary/aromatic N) is 2. The quantitative estimate of drug-likeness (QED) is 0.511. The minimum absolute atomic E-state index is 0.0287. The number of carbonyl (C=O) groups is 2. The fourth-order valence-corrected chi connectivity index (χ4v) is 5.19. The number of anilines is 1. The minimum Gasteiger partial charge on any atom is -0.366 e. The normalized spacial score (nSPS) is 14.1. The van der Waals surface area contributed by atoms with E-state index in [0.717, 1.165) is 11.3 Å². The summed E-state index contributed by atoms with van der Waals surface area (Å²) >= 11 is 3.29. The number of halogens is 2. The number of carbonyl (C=O) groups excluding carboxylic acids is 2. The summed E-state index contributed by atoms with van der Waals surface area (Å²) in [5.41, 5.74) is 3.05. The third-order valence-electron chi connectivity index (χ3n) is 6.63. The van der Waals surface area contributed by atoms with E-state index in [9.17, 15) is 14.4 Å². The monoisotopic (exact) mass is 546 g/mol. The Hall–Kier alpha value is -2.94. The van der Waals surface area contributed by atoms with Gasteiger partial charge in [0, 0.05) is 49.0 Å². The highest BCUT2D eigenvalue weighted by atomic mass is 79.9. The number of hydrogen-bond donors (Lipinski definition) is 2. The van der Waals surface area contributed by atoms with Crippen LogP contribution in [0.4, 0.5) is 10.1 Å². The van der Waals surface area contributed by atoms with Crippen LogP contribution in [0, 0.1) is 26.6 Å². The first-order valence-electron chi connectivity index (χ1n) is 11.7. The van der Waals surface area contributed by atoms with Gasteiger partial charge in [-0.2, -0.15) is 0 Å². The molecule has 0 radical (unpaired) electrons. The van der Waals surface area contributed by atoms with E-state index in [1.54, 1.807) is 18.7 Å². The number of nitrogens with one attached hydrogen (secondary N) is 2. The van der Waals surface area contributed by atoms with E-state index >= 15 is 4.39 Å². The number of piperidine rings is 1. The maximum Gasteiger partial charge on any atom is 0.253 e. The molecule has 0 unspecified atom stereocenters. The lowest BCUT2D eigenvalue weighted by Crippen LogP contribution is -2.47. The Labute approximate surface area is 213 Å². The van der Waals surface area contributed by atoms with Gasteiger partial charge in [-0.15, -0.1) is 0 Å². The van der Waals surface area contributed by atoms with Crippen molar-refractivity contribution in [3.8, 4) is 0 Å². The second kappa shape index (κ2) is 11.2. The Balaban J connectivity index is 1.87. The molecule has 0 aliphatic carbocycles. The van der Waals surface area contributed by atoms with E-state index in [1.165, 1.54) is 12.1 Å². The van der Waals surface area contributed by atoms with Crippen LogP contribution < -0.4 is 15.8 Å². The number of likely N-dealkylation sites (tertiary alicyclic amines) is 1. The van der Waals surface area contributed by atoms with Crippen LogP contribution in [0.15, 0.2) is 34.1 Å². The molecular formula is C26H32BrFN4O3. The van der Waals surface area contributed by atoms with Crippen LogP contribution in [0.5, 0.6) is 0 Å². The molecule has 2 N–H and O–H groups in total. The predicted molar refractivity (Wildman–Crippen MR) is 139 cm³/mol. The summed E-state index contributed by atoms with van der Waals surface area (Å²) in [6.45, 7) is 12.6. The molecule has 2 amide bonds. The van der Waals surface area contributed by atoms with Gasteiger partial charge in [0.2, 0.25) is 5.91 Å². The van der Waals surface area contributed by atoms with Crippen molar-refractivity contribution in [3.05, 3.63) is 73.4 Å². The largest absolute Gasteiger partial charge is 0.366 e. The van der Waals surface area contributed by atoms with Crippen molar-refractivity contribution in [1.82, 2.24) is 15.2 Å². The fourth-order valence-electron chi connectivity index (χ4n) is 4.77. The summed E-state index contributed by atoms with van der Waals surface area (Å²) in [5.74, 6) is -0.902. The van der Waals surface area contributed by atoms with Gasteiger partial charge in [-0.1, -0.05) is 6.58 Å². The van der Waals surface area contributed by atoms with Crippen molar-refractivity contribution in [2.24, 2.45) is 0 Å². The van der Waals surface area contributed by atoms with Crippen LogP contribution in [0.3, 0.4) is 0 Å². The second-order valence-electron chi connectivity index (χ2n) is 8.87. The molecule has 2 heterocycles. The lowest BCUT2D eigenvalue weighted by atomic mass is 9.98. The molecule has 0 atom stereocenters.